The molecule has 1 aromatic carbocycles. The molecule has 0 spiro atoms. The molecule has 0 aromatic heterocycles. The van der Waals surface area contributed by atoms with E-state index >= 15 is 0 Å². The van der Waals surface area contributed by atoms with Crippen LogP contribution in [-0.4, -0.2) is 24.8 Å². The molecule has 3 nitrogen and oxygen atoms in total. The highest BCUT2D eigenvalue weighted by Crippen LogP contribution is 2.27. The molecule has 6 heteroatoms. The Balaban J connectivity index is 2.97. The molecule has 0 N–H and O–H groups in total. The molecule has 94 valence electrons. The fourth-order valence-corrected chi connectivity index (χ4v) is 1.47. The molecule has 17 heavy (non-hydrogen) atoms. The number of halogens is 3. The molecule has 0 saturated carbocycles. The molecule has 0 amide bonds. The lowest BCUT2D eigenvalue weighted by molar-refractivity contribution is -0.116. The van der Waals surface area contributed by atoms with Gasteiger partial charge >= 0.3 is 6.61 Å². The lowest BCUT2D eigenvalue weighted by atomic mass is 10.1. The minimum Gasteiger partial charge on any atom is -0.497 e. The fraction of sp³-hybridized carbons (Fsp3) is 0.364. The zero-order valence-corrected chi connectivity index (χ0v) is 10.7. The Morgan fingerprint density at radius 2 is 2.18 bits per heavy atom. The van der Waals surface area contributed by atoms with E-state index in [4.69, 9.17) is 4.74 Å². The van der Waals surface area contributed by atoms with Crippen LogP contribution >= 0.6 is 15.9 Å². The predicted octanol–water partition coefficient (Wildman–Crippen LogP) is 2.80. The lowest BCUT2D eigenvalue weighted by Gasteiger charge is -2.11. The Morgan fingerprint density at radius 1 is 1.47 bits per heavy atom. The second-order valence-corrected chi connectivity index (χ2v) is 3.76. The van der Waals surface area contributed by atoms with Crippen molar-refractivity contribution in [2.24, 2.45) is 0 Å². The summed E-state index contributed by atoms with van der Waals surface area (Å²) in [7, 11) is 1.42. The SMILES string of the molecule is COc1ccc(CC(=O)CBr)c(OC(F)F)c1. The fourth-order valence-electron chi connectivity index (χ4n) is 1.27. The van der Waals surface area contributed by atoms with Crippen LogP contribution in [0, 0.1) is 0 Å². The second kappa shape index (κ2) is 6.54. The van der Waals surface area contributed by atoms with Crippen molar-refractivity contribution in [2.75, 3.05) is 12.4 Å². The highest BCUT2D eigenvalue weighted by atomic mass is 79.9. The van der Waals surface area contributed by atoms with E-state index < -0.39 is 6.61 Å². The first-order valence-corrected chi connectivity index (χ1v) is 5.88. The summed E-state index contributed by atoms with van der Waals surface area (Å²) >= 11 is 3.01. The molecular weight excluding hydrogens is 298 g/mol. The monoisotopic (exact) mass is 308 g/mol. The van der Waals surface area contributed by atoms with E-state index in [2.05, 4.69) is 20.7 Å². The minimum atomic E-state index is -2.93. The van der Waals surface area contributed by atoms with Gasteiger partial charge in [0, 0.05) is 18.1 Å². The Kier molecular flexibility index (Phi) is 5.34. The average molecular weight is 309 g/mol. The number of carbonyl (C=O) groups excluding carboxylic acids is 1. The zero-order chi connectivity index (χ0) is 12.8. The Labute approximate surface area is 106 Å². The topological polar surface area (TPSA) is 35.5 Å². The molecule has 1 aromatic rings. The quantitative estimate of drug-likeness (QED) is 0.758. The van der Waals surface area contributed by atoms with E-state index in [0.29, 0.717) is 11.3 Å². The summed E-state index contributed by atoms with van der Waals surface area (Å²) in [5.74, 6) is 0.249. The minimum absolute atomic E-state index is 0.0337. The number of ether oxygens (including phenoxy) is 2. The molecular formula is C11H11BrF2O3. The van der Waals surface area contributed by atoms with Gasteiger partial charge < -0.3 is 9.47 Å². The van der Waals surface area contributed by atoms with Crippen molar-refractivity contribution < 1.29 is 23.0 Å². The van der Waals surface area contributed by atoms with Gasteiger partial charge in [0.15, 0.2) is 0 Å². The van der Waals surface area contributed by atoms with Gasteiger partial charge in [0.2, 0.25) is 0 Å². The van der Waals surface area contributed by atoms with Gasteiger partial charge in [-0.25, -0.2) is 0 Å². The molecule has 0 aliphatic rings. The molecule has 0 atom stereocenters. The highest BCUT2D eigenvalue weighted by Gasteiger charge is 2.13. The first kappa shape index (κ1) is 13.9. The molecule has 0 radical (unpaired) electrons. The molecule has 1 rings (SSSR count). The predicted molar refractivity (Wildman–Crippen MR) is 62.1 cm³/mol. The Bertz CT molecular complexity index is 396. The first-order chi connectivity index (χ1) is 8.06. The van der Waals surface area contributed by atoms with Gasteiger partial charge in [0.25, 0.3) is 0 Å². The van der Waals surface area contributed by atoms with Crippen molar-refractivity contribution in [3.63, 3.8) is 0 Å². The normalized spacial score (nSPS) is 10.4. The average Bonchev–Trinajstić information content (AvgIpc) is 2.30. The molecule has 0 bridgehead atoms. The van der Waals surface area contributed by atoms with Crippen molar-refractivity contribution in [3.8, 4) is 11.5 Å². The summed E-state index contributed by atoms with van der Waals surface area (Å²) in [4.78, 5) is 11.3. The number of ketones is 1. The van der Waals surface area contributed by atoms with Crippen molar-refractivity contribution in [2.45, 2.75) is 13.0 Å². The number of methoxy groups -OCH3 is 1. The van der Waals surface area contributed by atoms with Gasteiger partial charge in [-0.2, -0.15) is 8.78 Å². The molecule has 0 aliphatic carbocycles. The van der Waals surface area contributed by atoms with E-state index in [-0.39, 0.29) is 23.3 Å². The number of alkyl halides is 3. The third kappa shape index (κ3) is 4.30. The summed E-state index contributed by atoms with van der Waals surface area (Å²) in [5.41, 5.74) is 0.413. The lowest BCUT2D eigenvalue weighted by Crippen LogP contribution is -2.09. The third-order valence-electron chi connectivity index (χ3n) is 2.03. The van der Waals surface area contributed by atoms with Crippen LogP contribution in [0.3, 0.4) is 0 Å². The highest BCUT2D eigenvalue weighted by molar-refractivity contribution is 9.09. The molecule has 0 saturated heterocycles. The van der Waals surface area contributed by atoms with E-state index in [1.807, 2.05) is 0 Å². The van der Waals surface area contributed by atoms with Crippen LogP contribution in [0.15, 0.2) is 18.2 Å². The summed E-state index contributed by atoms with van der Waals surface area (Å²) in [6.07, 6.45) is 0.0390. The Morgan fingerprint density at radius 3 is 2.71 bits per heavy atom. The van der Waals surface area contributed by atoms with Gasteiger partial charge in [-0.1, -0.05) is 22.0 Å². The number of hydrogen-bond donors (Lipinski definition) is 0. The van der Waals surface area contributed by atoms with Crippen molar-refractivity contribution in [3.05, 3.63) is 23.8 Å². The molecule has 0 unspecified atom stereocenters. The first-order valence-electron chi connectivity index (χ1n) is 4.76. The number of carbonyl (C=O) groups is 1. The maximum atomic E-state index is 12.2. The number of rotatable bonds is 6. The zero-order valence-electron chi connectivity index (χ0n) is 9.08. The second-order valence-electron chi connectivity index (χ2n) is 3.20. The Hall–Kier alpha value is -1.17. The van der Waals surface area contributed by atoms with Crippen LogP contribution in [0.25, 0.3) is 0 Å². The van der Waals surface area contributed by atoms with Crippen LogP contribution in [0.1, 0.15) is 5.56 Å². The van der Waals surface area contributed by atoms with Crippen LogP contribution in [0.5, 0.6) is 11.5 Å². The molecule has 0 fully saturated rings. The van der Waals surface area contributed by atoms with E-state index in [9.17, 15) is 13.6 Å². The smallest absolute Gasteiger partial charge is 0.387 e. The molecule has 0 heterocycles. The molecule has 0 aliphatic heterocycles. The van der Waals surface area contributed by atoms with Gasteiger partial charge in [-0.15, -0.1) is 0 Å². The van der Waals surface area contributed by atoms with Crippen LogP contribution < -0.4 is 9.47 Å². The van der Waals surface area contributed by atoms with Gasteiger partial charge in [-0.3, -0.25) is 4.79 Å². The summed E-state index contributed by atoms with van der Waals surface area (Å²) in [5, 5.41) is 0.174. The number of Topliss-reactive ketones (excluding diaryl/α,β-unsaturated/α-hetero) is 1. The number of hydrogen-bond acceptors (Lipinski definition) is 3. The van der Waals surface area contributed by atoms with Crippen LogP contribution in [-0.2, 0) is 11.2 Å². The third-order valence-corrected chi connectivity index (χ3v) is 2.65. The van der Waals surface area contributed by atoms with E-state index in [1.54, 1.807) is 6.07 Å². The maximum absolute atomic E-state index is 12.2. The maximum Gasteiger partial charge on any atom is 0.387 e. The van der Waals surface area contributed by atoms with E-state index in [1.165, 1.54) is 19.2 Å². The summed E-state index contributed by atoms with van der Waals surface area (Å²) in [6, 6.07) is 4.47. The van der Waals surface area contributed by atoms with Gasteiger partial charge in [0.05, 0.1) is 12.4 Å². The summed E-state index contributed by atoms with van der Waals surface area (Å²) in [6.45, 7) is -2.93. The number of benzene rings is 1. The van der Waals surface area contributed by atoms with E-state index in [0.717, 1.165) is 0 Å². The van der Waals surface area contributed by atoms with Crippen LogP contribution in [0.4, 0.5) is 8.78 Å². The summed E-state index contributed by atoms with van der Waals surface area (Å²) < 4.78 is 33.7. The van der Waals surface area contributed by atoms with Crippen molar-refractivity contribution >= 4 is 21.7 Å². The van der Waals surface area contributed by atoms with Crippen molar-refractivity contribution in [1.29, 1.82) is 0 Å². The van der Waals surface area contributed by atoms with Crippen molar-refractivity contribution in [1.82, 2.24) is 0 Å². The largest absolute Gasteiger partial charge is 0.497 e. The standard InChI is InChI=1S/C11H11BrF2O3/c1-16-9-3-2-7(4-8(15)6-12)10(5-9)17-11(13)14/h2-3,5,11H,4,6H2,1H3. The van der Waals surface area contributed by atoms with Crippen LogP contribution in [0.2, 0.25) is 0 Å². The van der Waals surface area contributed by atoms with Gasteiger partial charge in [0.1, 0.15) is 17.3 Å². The van der Waals surface area contributed by atoms with Gasteiger partial charge in [-0.05, 0) is 6.07 Å².